The molecule has 0 bridgehead atoms. The van der Waals surface area contributed by atoms with Gasteiger partial charge in [-0.15, -0.1) is 0 Å². The second kappa shape index (κ2) is 4.53. The van der Waals surface area contributed by atoms with Gasteiger partial charge in [-0.3, -0.25) is 9.20 Å². The van der Waals surface area contributed by atoms with Crippen molar-refractivity contribution in [3.8, 4) is 11.3 Å². The Morgan fingerprint density at radius 2 is 1.86 bits per heavy atom. The van der Waals surface area contributed by atoms with E-state index >= 15 is 0 Å². The number of fused-ring (bicyclic) bond motifs is 3. The molecule has 4 aromatic rings. The lowest BCUT2D eigenvalue weighted by Gasteiger charge is -2.00. The molecule has 0 radical (unpaired) electrons. The molecule has 0 N–H and O–H groups in total. The van der Waals surface area contributed by atoms with E-state index in [0.29, 0.717) is 5.69 Å². The number of rotatable bonds is 2. The number of nitrogens with zero attached hydrogens (tertiary/aromatic N) is 2. The van der Waals surface area contributed by atoms with Crippen molar-refractivity contribution in [3.63, 3.8) is 0 Å². The standard InChI is InChI=1S/C17H12N2OS/c1-11-6-8-12(9-7-11)16-14(10-20)19-13-4-2-3-5-15(13)21-17(19)18-16/h2-10H,1H3. The van der Waals surface area contributed by atoms with Crippen LogP contribution >= 0.6 is 11.3 Å². The average Bonchev–Trinajstić information content (AvgIpc) is 3.03. The van der Waals surface area contributed by atoms with Gasteiger partial charge >= 0.3 is 0 Å². The van der Waals surface area contributed by atoms with Gasteiger partial charge in [-0.25, -0.2) is 4.98 Å². The van der Waals surface area contributed by atoms with E-state index in [9.17, 15) is 4.79 Å². The molecule has 0 spiro atoms. The van der Waals surface area contributed by atoms with Crippen LogP contribution in [0.5, 0.6) is 0 Å². The zero-order valence-corrected chi connectivity index (χ0v) is 12.2. The number of para-hydroxylation sites is 1. The Bertz CT molecular complexity index is 964. The second-order valence-corrected chi connectivity index (χ2v) is 6.03. The smallest absolute Gasteiger partial charge is 0.195 e. The van der Waals surface area contributed by atoms with Crippen molar-refractivity contribution < 1.29 is 4.79 Å². The van der Waals surface area contributed by atoms with Crippen LogP contribution in [0.3, 0.4) is 0 Å². The fourth-order valence-corrected chi connectivity index (χ4v) is 3.60. The van der Waals surface area contributed by atoms with E-state index in [2.05, 4.69) is 11.1 Å². The molecule has 4 heteroatoms. The van der Waals surface area contributed by atoms with Crippen LogP contribution in [0.25, 0.3) is 26.4 Å². The largest absolute Gasteiger partial charge is 0.296 e. The van der Waals surface area contributed by atoms with Crippen molar-refractivity contribution >= 4 is 32.8 Å². The van der Waals surface area contributed by atoms with Gasteiger partial charge in [-0.1, -0.05) is 53.3 Å². The maximum atomic E-state index is 11.6. The highest BCUT2D eigenvalue weighted by Crippen LogP contribution is 2.32. The number of hydrogen-bond acceptors (Lipinski definition) is 3. The molecular weight excluding hydrogens is 280 g/mol. The molecule has 0 atom stereocenters. The van der Waals surface area contributed by atoms with Gasteiger partial charge in [0.25, 0.3) is 0 Å². The molecule has 0 aliphatic rings. The third-order valence-electron chi connectivity index (χ3n) is 3.63. The van der Waals surface area contributed by atoms with Gasteiger partial charge in [-0.05, 0) is 19.1 Å². The first kappa shape index (κ1) is 12.3. The van der Waals surface area contributed by atoms with E-state index in [0.717, 1.165) is 32.7 Å². The van der Waals surface area contributed by atoms with Crippen molar-refractivity contribution in [2.45, 2.75) is 6.92 Å². The summed E-state index contributed by atoms with van der Waals surface area (Å²) >= 11 is 1.60. The van der Waals surface area contributed by atoms with Crippen LogP contribution in [-0.4, -0.2) is 15.7 Å². The summed E-state index contributed by atoms with van der Waals surface area (Å²) in [5.41, 5.74) is 4.57. The first-order chi connectivity index (χ1) is 10.3. The van der Waals surface area contributed by atoms with Crippen LogP contribution in [0.1, 0.15) is 16.1 Å². The maximum Gasteiger partial charge on any atom is 0.195 e. The quantitative estimate of drug-likeness (QED) is 0.515. The molecule has 0 saturated heterocycles. The summed E-state index contributed by atoms with van der Waals surface area (Å²) < 4.78 is 3.08. The van der Waals surface area contributed by atoms with E-state index in [1.165, 1.54) is 5.56 Å². The molecule has 2 aromatic heterocycles. The maximum absolute atomic E-state index is 11.6. The second-order valence-electron chi connectivity index (χ2n) is 5.02. The number of thiazole rings is 1. The molecule has 0 saturated carbocycles. The normalized spacial score (nSPS) is 11.3. The number of imidazole rings is 1. The zero-order valence-electron chi connectivity index (χ0n) is 11.4. The van der Waals surface area contributed by atoms with Crippen LogP contribution in [0.15, 0.2) is 48.5 Å². The lowest BCUT2D eigenvalue weighted by atomic mass is 10.1. The van der Waals surface area contributed by atoms with Gasteiger partial charge in [0.1, 0.15) is 11.4 Å². The summed E-state index contributed by atoms with van der Waals surface area (Å²) in [6.07, 6.45) is 0.897. The fraction of sp³-hybridized carbons (Fsp3) is 0.0588. The van der Waals surface area contributed by atoms with Gasteiger partial charge in [-0.2, -0.15) is 0 Å². The minimum absolute atomic E-state index is 0.617. The summed E-state index contributed by atoms with van der Waals surface area (Å²) in [6, 6.07) is 16.1. The zero-order chi connectivity index (χ0) is 14.4. The van der Waals surface area contributed by atoms with Crippen LogP contribution in [0.2, 0.25) is 0 Å². The molecule has 3 nitrogen and oxygen atoms in total. The Morgan fingerprint density at radius 1 is 1.10 bits per heavy atom. The van der Waals surface area contributed by atoms with Gasteiger partial charge in [0.2, 0.25) is 0 Å². The Balaban J connectivity index is 2.06. The number of aromatic nitrogens is 2. The minimum atomic E-state index is 0.617. The molecule has 0 unspecified atom stereocenters. The van der Waals surface area contributed by atoms with Crippen molar-refractivity contribution in [1.82, 2.24) is 9.38 Å². The molecule has 2 heterocycles. The van der Waals surface area contributed by atoms with Crippen molar-refractivity contribution in [3.05, 3.63) is 59.8 Å². The van der Waals surface area contributed by atoms with Gasteiger partial charge in [0.05, 0.1) is 10.2 Å². The monoisotopic (exact) mass is 292 g/mol. The van der Waals surface area contributed by atoms with Crippen LogP contribution in [0.4, 0.5) is 0 Å². The predicted molar refractivity (Wildman–Crippen MR) is 86.1 cm³/mol. The van der Waals surface area contributed by atoms with E-state index < -0.39 is 0 Å². The number of carbonyl (C=O) groups excluding carboxylic acids is 1. The topological polar surface area (TPSA) is 34.4 Å². The molecule has 0 aliphatic heterocycles. The molecule has 4 rings (SSSR count). The first-order valence-corrected chi connectivity index (χ1v) is 7.52. The lowest BCUT2D eigenvalue weighted by molar-refractivity contribution is 0.111. The van der Waals surface area contributed by atoms with E-state index in [-0.39, 0.29) is 0 Å². The number of carbonyl (C=O) groups is 1. The average molecular weight is 292 g/mol. The third-order valence-corrected chi connectivity index (χ3v) is 4.65. The third kappa shape index (κ3) is 1.80. The number of aryl methyl sites for hydroxylation is 1. The van der Waals surface area contributed by atoms with Crippen LogP contribution in [0, 0.1) is 6.92 Å². The highest BCUT2D eigenvalue weighted by atomic mass is 32.1. The van der Waals surface area contributed by atoms with Gasteiger partial charge in [0, 0.05) is 5.56 Å². The highest BCUT2D eigenvalue weighted by Gasteiger charge is 2.17. The Kier molecular flexibility index (Phi) is 2.65. The predicted octanol–water partition coefficient (Wildman–Crippen LogP) is 4.34. The molecule has 102 valence electrons. The van der Waals surface area contributed by atoms with E-state index in [1.54, 1.807) is 11.3 Å². The summed E-state index contributed by atoms with van der Waals surface area (Å²) in [7, 11) is 0. The molecule has 0 fully saturated rings. The number of aldehydes is 1. The summed E-state index contributed by atoms with van der Waals surface area (Å²) in [5.74, 6) is 0. The number of hydrogen-bond donors (Lipinski definition) is 0. The molecule has 0 aliphatic carbocycles. The molecule has 2 aromatic carbocycles. The van der Waals surface area contributed by atoms with Gasteiger partial charge < -0.3 is 0 Å². The van der Waals surface area contributed by atoms with Crippen molar-refractivity contribution in [2.24, 2.45) is 0 Å². The highest BCUT2D eigenvalue weighted by molar-refractivity contribution is 7.23. The van der Waals surface area contributed by atoms with Crippen molar-refractivity contribution in [1.29, 1.82) is 0 Å². The lowest BCUT2D eigenvalue weighted by Crippen LogP contribution is -1.91. The van der Waals surface area contributed by atoms with E-state index in [1.807, 2.05) is 53.8 Å². The molecule has 0 amide bonds. The fourth-order valence-electron chi connectivity index (χ4n) is 2.57. The number of benzene rings is 2. The summed E-state index contributed by atoms with van der Waals surface area (Å²) in [6.45, 7) is 2.05. The van der Waals surface area contributed by atoms with Gasteiger partial charge in [0.15, 0.2) is 11.2 Å². The Morgan fingerprint density at radius 3 is 2.62 bits per heavy atom. The minimum Gasteiger partial charge on any atom is -0.296 e. The summed E-state index contributed by atoms with van der Waals surface area (Å²) in [5, 5.41) is 0. The molecular formula is C17H12N2OS. The van der Waals surface area contributed by atoms with E-state index in [4.69, 9.17) is 0 Å². The Labute approximate surface area is 125 Å². The van der Waals surface area contributed by atoms with Crippen LogP contribution < -0.4 is 0 Å². The summed E-state index contributed by atoms with van der Waals surface area (Å²) in [4.78, 5) is 17.2. The van der Waals surface area contributed by atoms with Crippen molar-refractivity contribution in [2.75, 3.05) is 0 Å². The first-order valence-electron chi connectivity index (χ1n) is 6.70. The van der Waals surface area contributed by atoms with Crippen LogP contribution in [-0.2, 0) is 0 Å². The SMILES string of the molecule is Cc1ccc(-c2nc3sc4ccccc4n3c2C=O)cc1. The Hall–Kier alpha value is -2.46. The molecule has 21 heavy (non-hydrogen) atoms.